The molecule has 0 fully saturated rings. The van der Waals surface area contributed by atoms with Gasteiger partial charge in [0.15, 0.2) is 23.0 Å². The van der Waals surface area contributed by atoms with Crippen molar-refractivity contribution in [1.82, 2.24) is 25.1 Å². The normalized spacial score (nSPS) is 12.4. The molecule has 5 rings (SSSR count). The van der Waals surface area contributed by atoms with Crippen molar-refractivity contribution in [2.75, 3.05) is 6.79 Å². The van der Waals surface area contributed by atoms with E-state index in [1.165, 1.54) is 0 Å². The van der Waals surface area contributed by atoms with E-state index >= 15 is 0 Å². The maximum absolute atomic E-state index is 12.3. The number of amides is 1. The number of carbonyl (C=O) groups is 1. The molecule has 1 aromatic carbocycles. The predicted molar refractivity (Wildman–Crippen MR) is 102 cm³/mol. The Morgan fingerprint density at radius 1 is 1.14 bits per heavy atom. The standard InChI is InChI=1S/C19H15N5O3S/c25-19(8-12-1-3-15-16(7-12)27-11-26-15)20-9-18-22-21-17-4-2-14(23-24(17)18)13-5-6-28-10-13/h1-7,10H,8-9,11H2,(H,20,25). The van der Waals surface area contributed by atoms with E-state index in [1.54, 1.807) is 15.9 Å². The van der Waals surface area contributed by atoms with Crippen LogP contribution in [-0.4, -0.2) is 32.5 Å². The maximum Gasteiger partial charge on any atom is 0.231 e. The van der Waals surface area contributed by atoms with Gasteiger partial charge in [-0.05, 0) is 41.3 Å². The lowest BCUT2D eigenvalue weighted by Crippen LogP contribution is -2.25. The summed E-state index contributed by atoms with van der Waals surface area (Å²) in [5, 5.41) is 19.8. The summed E-state index contributed by atoms with van der Waals surface area (Å²) in [5.74, 6) is 1.82. The van der Waals surface area contributed by atoms with E-state index in [0.717, 1.165) is 16.8 Å². The molecule has 1 aliphatic heterocycles. The number of nitrogens with zero attached hydrogens (tertiary/aromatic N) is 4. The smallest absolute Gasteiger partial charge is 0.231 e. The van der Waals surface area contributed by atoms with Gasteiger partial charge in [-0.1, -0.05) is 6.07 Å². The number of thiophene rings is 1. The van der Waals surface area contributed by atoms with Crippen molar-refractivity contribution in [3.63, 3.8) is 0 Å². The Morgan fingerprint density at radius 3 is 2.96 bits per heavy atom. The molecule has 1 N–H and O–H groups in total. The number of aromatic nitrogens is 4. The van der Waals surface area contributed by atoms with E-state index in [0.29, 0.717) is 23.0 Å². The van der Waals surface area contributed by atoms with E-state index < -0.39 is 0 Å². The minimum absolute atomic E-state index is 0.121. The van der Waals surface area contributed by atoms with Crippen molar-refractivity contribution in [3.8, 4) is 22.8 Å². The fraction of sp³-hybridized carbons (Fsp3) is 0.158. The molecule has 1 aliphatic rings. The van der Waals surface area contributed by atoms with Crippen LogP contribution in [0.4, 0.5) is 0 Å². The molecule has 0 unspecified atom stereocenters. The van der Waals surface area contributed by atoms with Crippen molar-refractivity contribution in [2.24, 2.45) is 0 Å². The number of rotatable bonds is 5. The zero-order valence-corrected chi connectivity index (χ0v) is 15.5. The topological polar surface area (TPSA) is 90.6 Å². The molecule has 4 aromatic rings. The van der Waals surface area contributed by atoms with Gasteiger partial charge < -0.3 is 14.8 Å². The molecule has 1 amide bonds. The second kappa shape index (κ2) is 6.93. The van der Waals surface area contributed by atoms with Gasteiger partial charge in [0.1, 0.15) is 0 Å². The minimum Gasteiger partial charge on any atom is -0.454 e. The Balaban J connectivity index is 1.29. The van der Waals surface area contributed by atoms with Crippen LogP contribution in [0.25, 0.3) is 16.9 Å². The molecule has 0 radical (unpaired) electrons. The maximum atomic E-state index is 12.3. The largest absolute Gasteiger partial charge is 0.454 e. The summed E-state index contributed by atoms with van der Waals surface area (Å²) < 4.78 is 12.3. The van der Waals surface area contributed by atoms with Crippen LogP contribution in [0.2, 0.25) is 0 Å². The van der Waals surface area contributed by atoms with Crippen molar-refractivity contribution in [2.45, 2.75) is 13.0 Å². The van der Waals surface area contributed by atoms with E-state index in [9.17, 15) is 4.79 Å². The third kappa shape index (κ3) is 3.16. The fourth-order valence-corrected chi connectivity index (χ4v) is 3.63. The molecule has 0 atom stereocenters. The Hall–Kier alpha value is -3.46. The summed E-state index contributed by atoms with van der Waals surface area (Å²) in [7, 11) is 0. The van der Waals surface area contributed by atoms with E-state index in [1.807, 2.05) is 47.2 Å². The second-order valence-corrected chi connectivity index (χ2v) is 7.04. The first-order valence-electron chi connectivity index (χ1n) is 8.65. The molecule has 0 bridgehead atoms. The first-order valence-corrected chi connectivity index (χ1v) is 9.60. The highest BCUT2D eigenvalue weighted by atomic mass is 32.1. The highest BCUT2D eigenvalue weighted by Crippen LogP contribution is 2.32. The number of hydrogen-bond acceptors (Lipinski definition) is 7. The first-order chi connectivity index (χ1) is 13.8. The third-order valence-corrected chi connectivity index (χ3v) is 5.07. The molecule has 140 valence electrons. The monoisotopic (exact) mass is 393 g/mol. The number of fused-ring (bicyclic) bond motifs is 2. The molecule has 0 saturated carbocycles. The number of benzene rings is 1. The van der Waals surface area contributed by atoms with E-state index in [2.05, 4.69) is 20.6 Å². The molecule has 0 saturated heterocycles. The third-order valence-electron chi connectivity index (χ3n) is 4.39. The molecule has 0 aliphatic carbocycles. The van der Waals surface area contributed by atoms with Crippen LogP contribution in [0.15, 0.2) is 47.2 Å². The highest BCUT2D eigenvalue weighted by Gasteiger charge is 2.15. The summed E-state index contributed by atoms with van der Waals surface area (Å²) in [5.41, 5.74) is 3.37. The number of ether oxygens (including phenoxy) is 2. The van der Waals surface area contributed by atoms with E-state index in [-0.39, 0.29) is 25.7 Å². The lowest BCUT2D eigenvalue weighted by atomic mass is 10.1. The Bertz CT molecular complexity index is 1160. The molecule has 28 heavy (non-hydrogen) atoms. The summed E-state index contributed by atoms with van der Waals surface area (Å²) >= 11 is 1.61. The van der Waals surface area contributed by atoms with Crippen LogP contribution < -0.4 is 14.8 Å². The first kappa shape index (κ1) is 16.7. The van der Waals surface area contributed by atoms with Gasteiger partial charge >= 0.3 is 0 Å². The van der Waals surface area contributed by atoms with Gasteiger partial charge in [0.05, 0.1) is 18.7 Å². The average molecular weight is 393 g/mol. The molecular formula is C19H15N5O3S. The van der Waals surface area contributed by atoms with Gasteiger partial charge in [-0.2, -0.15) is 21.0 Å². The number of hydrogen-bond donors (Lipinski definition) is 1. The van der Waals surface area contributed by atoms with Crippen LogP contribution in [0.1, 0.15) is 11.4 Å². The van der Waals surface area contributed by atoms with Gasteiger partial charge in [0.2, 0.25) is 12.7 Å². The van der Waals surface area contributed by atoms with Crippen molar-refractivity contribution in [3.05, 3.63) is 58.5 Å². The van der Waals surface area contributed by atoms with Gasteiger partial charge in [-0.25, -0.2) is 0 Å². The van der Waals surface area contributed by atoms with Crippen LogP contribution in [0.5, 0.6) is 11.5 Å². The van der Waals surface area contributed by atoms with Crippen molar-refractivity contribution in [1.29, 1.82) is 0 Å². The van der Waals surface area contributed by atoms with Gasteiger partial charge in [0.25, 0.3) is 0 Å². The Morgan fingerprint density at radius 2 is 2.07 bits per heavy atom. The zero-order chi connectivity index (χ0) is 18.9. The van der Waals surface area contributed by atoms with E-state index in [4.69, 9.17) is 9.47 Å². The summed E-state index contributed by atoms with van der Waals surface area (Å²) in [6.45, 7) is 0.454. The molecule has 0 spiro atoms. The predicted octanol–water partition coefficient (Wildman–Crippen LogP) is 2.44. The summed E-state index contributed by atoms with van der Waals surface area (Å²) in [4.78, 5) is 12.3. The minimum atomic E-state index is -0.121. The molecular weight excluding hydrogens is 378 g/mol. The van der Waals surface area contributed by atoms with Crippen molar-refractivity contribution >= 4 is 22.9 Å². The van der Waals surface area contributed by atoms with Crippen molar-refractivity contribution < 1.29 is 14.3 Å². The SMILES string of the molecule is O=C(Cc1ccc2c(c1)OCO2)NCc1nnc2ccc(-c3ccsc3)nn12. The Labute approximate surface area is 163 Å². The van der Waals surface area contributed by atoms with Gasteiger partial charge in [-0.3, -0.25) is 4.79 Å². The molecule has 4 heterocycles. The van der Waals surface area contributed by atoms with Gasteiger partial charge in [0, 0.05) is 10.9 Å². The zero-order valence-electron chi connectivity index (χ0n) is 14.7. The lowest BCUT2D eigenvalue weighted by molar-refractivity contribution is -0.120. The second-order valence-electron chi connectivity index (χ2n) is 6.26. The molecule has 3 aromatic heterocycles. The lowest BCUT2D eigenvalue weighted by Gasteiger charge is -2.06. The van der Waals surface area contributed by atoms with Gasteiger partial charge in [-0.15, -0.1) is 10.2 Å². The van der Waals surface area contributed by atoms with Crippen LogP contribution >= 0.6 is 11.3 Å². The molecule has 8 nitrogen and oxygen atoms in total. The number of nitrogens with one attached hydrogen (secondary N) is 1. The quantitative estimate of drug-likeness (QED) is 0.560. The Kier molecular flexibility index (Phi) is 4.13. The van der Waals surface area contributed by atoms with Crippen LogP contribution in [0, 0.1) is 0 Å². The molecule has 9 heteroatoms. The average Bonchev–Trinajstić information content (AvgIpc) is 3.45. The summed E-state index contributed by atoms with van der Waals surface area (Å²) in [6.07, 6.45) is 0.237. The van der Waals surface area contributed by atoms with Crippen LogP contribution in [-0.2, 0) is 17.8 Å². The highest BCUT2D eigenvalue weighted by molar-refractivity contribution is 7.08. The van der Waals surface area contributed by atoms with Crippen LogP contribution in [0.3, 0.4) is 0 Å². The number of carbonyl (C=O) groups excluding carboxylic acids is 1. The fourth-order valence-electron chi connectivity index (χ4n) is 2.98. The summed E-state index contributed by atoms with van der Waals surface area (Å²) in [6, 6.07) is 11.3.